The minimum Gasteiger partial charge on any atom is -0.494 e. The minimum absolute atomic E-state index is 0.0783. The van der Waals surface area contributed by atoms with Crippen molar-refractivity contribution in [3.63, 3.8) is 0 Å². The van der Waals surface area contributed by atoms with Gasteiger partial charge in [-0.2, -0.15) is 10.1 Å². The number of ether oxygens (including phenoxy) is 3. The summed E-state index contributed by atoms with van der Waals surface area (Å²) in [5.74, 6) is 2.50. The van der Waals surface area contributed by atoms with Gasteiger partial charge in [0.1, 0.15) is 17.6 Å². The third kappa shape index (κ3) is 4.09. The topological polar surface area (TPSA) is 84.4 Å². The lowest BCUT2D eigenvalue weighted by Crippen LogP contribution is -2.21. The molecular formula is C24H24N4O4. The predicted octanol–water partition coefficient (Wildman–Crippen LogP) is 4.67. The molecule has 164 valence electrons. The average Bonchev–Trinajstić information content (AvgIpc) is 3.47. The Morgan fingerprint density at radius 1 is 1.00 bits per heavy atom. The van der Waals surface area contributed by atoms with Crippen LogP contribution in [0.25, 0.3) is 23.0 Å². The van der Waals surface area contributed by atoms with Crippen molar-refractivity contribution in [1.82, 2.24) is 19.9 Å². The van der Waals surface area contributed by atoms with Gasteiger partial charge in [0.05, 0.1) is 32.1 Å². The molecule has 1 unspecified atom stereocenters. The van der Waals surface area contributed by atoms with Gasteiger partial charge < -0.3 is 18.7 Å². The standard InChI is InChI=1S/C24H24N4O4/c1-3-29-19-10-8-16(9-11-19)22-14-28-18(15-31-22)13-21(26-28)24-25-23(27-32-24)17-6-5-7-20(12-17)30-4-2/h5-13,22H,3-4,14-15H2,1-2H3. The summed E-state index contributed by atoms with van der Waals surface area (Å²) < 4.78 is 24.6. The van der Waals surface area contributed by atoms with E-state index in [-0.39, 0.29) is 6.10 Å². The Balaban J connectivity index is 1.33. The minimum atomic E-state index is -0.0783. The fourth-order valence-electron chi connectivity index (χ4n) is 3.71. The molecule has 0 spiro atoms. The maximum absolute atomic E-state index is 6.07. The monoisotopic (exact) mass is 432 g/mol. The van der Waals surface area contributed by atoms with Crippen LogP contribution in [0.2, 0.25) is 0 Å². The van der Waals surface area contributed by atoms with E-state index >= 15 is 0 Å². The zero-order chi connectivity index (χ0) is 21.9. The van der Waals surface area contributed by atoms with E-state index in [1.165, 1.54) is 0 Å². The van der Waals surface area contributed by atoms with Gasteiger partial charge in [0.15, 0.2) is 5.69 Å². The van der Waals surface area contributed by atoms with Gasteiger partial charge >= 0.3 is 0 Å². The second-order valence-electron chi connectivity index (χ2n) is 7.39. The van der Waals surface area contributed by atoms with E-state index < -0.39 is 0 Å². The van der Waals surface area contributed by atoms with Crippen LogP contribution in [-0.4, -0.2) is 33.1 Å². The summed E-state index contributed by atoms with van der Waals surface area (Å²) in [5, 5.41) is 8.81. The molecule has 8 nitrogen and oxygen atoms in total. The molecular weight excluding hydrogens is 408 g/mol. The molecule has 5 rings (SSSR count). The molecule has 1 aliphatic heterocycles. The van der Waals surface area contributed by atoms with E-state index in [0.29, 0.717) is 43.8 Å². The molecule has 0 aliphatic carbocycles. The Morgan fingerprint density at radius 2 is 1.81 bits per heavy atom. The van der Waals surface area contributed by atoms with Gasteiger partial charge in [0, 0.05) is 5.56 Å². The number of hydrogen-bond acceptors (Lipinski definition) is 7. The lowest BCUT2D eigenvalue weighted by atomic mass is 10.1. The Morgan fingerprint density at radius 3 is 2.62 bits per heavy atom. The second-order valence-corrected chi connectivity index (χ2v) is 7.39. The summed E-state index contributed by atoms with van der Waals surface area (Å²) in [6.45, 7) is 6.24. The molecule has 0 bridgehead atoms. The second kappa shape index (κ2) is 8.84. The van der Waals surface area contributed by atoms with Crippen LogP contribution < -0.4 is 9.47 Å². The first kappa shape index (κ1) is 20.3. The van der Waals surface area contributed by atoms with Crippen molar-refractivity contribution >= 4 is 0 Å². The quantitative estimate of drug-likeness (QED) is 0.420. The lowest BCUT2D eigenvalue weighted by molar-refractivity contribution is -0.00115. The summed E-state index contributed by atoms with van der Waals surface area (Å²) in [6, 6.07) is 17.6. The molecule has 0 fully saturated rings. The van der Waals surface area contributed by atoms with E-state index in [1.807, 2.05) is 73.1 Å². The van der Waals surface area contributed by atoms with Gasteiger partial charge in [-0.05, 0) is 49.7 Å². The fraction of sp³-hybridized carbons (Fsp3) is 0.292. The highest BCUT2D eigenvalue weighted by Gasteiger charge is 2.24. The first-order chi connectivity index (χ1) is 15.7. The van der Waals surface area contributed by atoms with Crippen molar-refractivity contribution < 1.29 is 18.7 Å². The Bertz CT molecular complexity index is 1200. The molecule has 1 aliphatic rings. The SMILES string of the molecule is CCOc1ccc(C2Cn3nc(-c4nc(-c5cccc(OCC)c5)no4)cc3CO2)cc1. The van der Waals surface area contributed by atoms with Crippen LogP contribution in [0.3, 0.4) is 0 Å². The first-order valence-corrected chi connectivity index (χ1v) is 10.7. The van der Waals surface area contributed by atoms with Gasteiger partial charge in [-0.15, -0.1) is 0 Å². The number of rotatable bonds is 7. The van der Waals surface area contributed by atoms with Crippen molar-refractivity contribution in [2.75, 3.05) is 13.2 Å². The Hall–Kier alpha value is -3.65. The third-order valence-corrected chi connectivity index (χ3v) is 5.25. The molecule has 32 heavy (non-hydrogen) atoms. The summed E-state index contributed by atoms with van der Waals surface area (Å²) >= 11 is 0. The maximum Gasteiger partial charge on any atom is 0.278 e. The van der Waals surface area contributed by atoms with Crippen LogP contribution in [0.4, 0.5) is 0 Å². The van der Waals surface area contributed by atoms with Gasteiger partial charge in [0.2, 0.25) is 5.82 Å². The molecule has 4 aromatic rings. The predicted molar refractivity (Wildman–Crippen MR) is 117 cm³/mol. The molecule has 0 saturated heterocycles. The van der Waals surface area contributed by atoms with Crippen LogP contribution in [0.5, 0.6) is 11.5 Å². The summed E-state index contributed by atoms with van der Waals surface area (Å²) in [7, 11) is 0. The number of fused-ring (bicyclic) bond motifs is 1. The summed E-state index contributed by atoms with van der Waals surface area (Å²) in [6.07, 6.45) is -0.0783. The number of hydrogen-bond donors (Lipinski definition) is 0. The first-order valence-electron chi connectivity index (χ1n) is 10.7. The van der Waals surface area contributed by atoms with Crippen LogP contribution in [0.15, 0.2) is 59.1 Å². The molecule has 2 aromatic carbocycles. The molecule has 0 amide bonds. The normalized spacial score (nSPS) is 15.4. The molecule has 0 N–H and O–H groups in total. The maximum atomic E-state index is 6.07. The molecule has 2 aromatic heterocycles. The van der Waals surface area contributed by atoms with Crippen molar-refractivity contribution in [2.24, 2.45) is 0 Å². The van der Waals surface area contributed by atoms with Crippen LogP contribution in [0.1, 0.15) is 31.2 Å². The van der Waals surface area contributed by atoms with E-state index in [9.17, 15) is 0 Å². The van der Waals surface area contributed by atoms with Crippen molar-refractivity contribution in [3.8, 4) is 34.5 Å². The van der Waals surface area contributed by atoms with Crippen molar-refractivity contribution in [1.29, 1.82) is 0 Å². The number of aromatic nitrogens is 4. The smallest absolute Gasteiger partial charge is 0.278 e. The van der Waals surface area contributed by atoms with E-state index in [0.717, 1.165) is 28.3 Å². The van der Waals surface area contributed by atoms with Gasteiger partial charge in [-0.3, -0.25) is 4.68 Å². The number of benzene rings is 2. The van der Waals surface area contributed by atoms with Gasteiger partial charge in [-0.1, -0.05) is 29.4 Å². The lowest BCUT2D eigenvalue weighted by Gasteiger charge is -2.24. The molecule has 8 heteroatoms. The van der Waals surface area contributed by atoms with Crippen LogP contribution in [0, 0.1) is 0 Å². The van der Waals surface area contributed by atoms with E-state index in [1.54, 1.807) is 0 Å². The highest BCUT2D eigenvalue weighted by molar-refractivity contribution is 5.59. The molecule has 0 radical (unpaired) electrons. The zero-order valence-corrected chi connectivity index (χ0v) is 18.0. The highest BCUT2D eigenvalue weighted by Crippen LogP contribution is 2.30. The Labute approximate surface area is 185 Å². The molecule has 0 saturated carbocycles. The summed E-state index contributed by atoms with van der Waals surface area (Å²) in [5.41, 5.74) is 3.52. The highest BCUT2D eigenvalue weighted by atomic mass is 16.5. The summed E-state index contributed by atoms with van der Waals surface area (Å²) in [4.78, 5) is 4.54. The Kier molecular flexibility index (Phi) is 5.60. The van der Waals surface area contributed by atoms with Gasteiger partial charge in [0.25, 0.3) is 5.89 Å². The van der Waals surface area contributed by atoms with E-state index in [2.05, 4.69) is 15.2 Å². The van der Waals surface area contributed by atoms with Gasteiger partial charge in [-0.25, -0.2) is 0 Å². The zero-order valence-electron chi connectivity index (χ0n) is 18.0. The van der Waals surface area contributed by atoms with E-state index in [4.69, 9.17) is 18.7 Å². The largest absolute Gasteiger partial charge is 0.494 e. The fourth-order valence-corrected chi connectivity index (χ4v) is 3.71. The molecule has 3 heterocycles. The third-order valence-electron chi connectivity index (χ3n) is 5.25. The average molecular weight is 432 g/mol. The van der Waals surface area contributed by atoms with Crippen molar-refractivity contribution in [3.05, 3.63) is 65.9 Å². The van der Waals surface area contributed by atoms with Crippen molar-refractivity contribution in [2.45, 2.75) is 33.1 Å². The van der Waals surface area contributed by atoms with Crippen LogP contribution in [-0.2, 0) is 17.9 Å². The van der Waals surface area contributed by atoms with Crippen LogP contribution >= 0.6 is 0 Å². The molecule has 1 atom stereocenters. The number of nitrogens with zero attached hydrogens (tertiary/aromatic N) is 4.